The minimum atomic E-state index is -0.370. The number of hydrogen-bond donors (Lipinski definition) is 1. The third-order valence-electron chi connectivity index (χ3n) is 5.34. The number of likely N-dealkylation sites (tertiary alicyclic amines) is 1. The maximum atomic E-state index is 12.4. The van der Waals surface area contributed by atoms with E-state index in [1.165, 1.54) is 17.3 Å². The van der Waals surface area contributed by atoms with E-state index in [4.69, 9.17) is 9.98 Å². The van der Waals surface area contributed by atoms with E-state index in [0.717, 1.165) is 47.9 Å². The van der Waals surface area contributed by atoms with Gasteiger partial charge in [-0.3, -0.25) is 9.79 Å². The highest BCUT2D eigenvalue weighted by molar-refractivity contribution is 8.16. The zero-order valence-electron chi connectivity index (χ0n) is 16.9. The Bertz CT molecular complexity index is 929. The molecule has 2 aliphatic rings. The Kier molecular flexibility index (Phi) is 5.83. The Morgan fingerprint density at radius 1 is 1.07 bits per heavy atom. The predicted molar refractivity (Wildman–Crippen MR) is 122 cm³/mol. The molecule has 1 N–H and O–H groups in total. The van der Waals surface area contributed by atoms with Gasteiger partial charge in [-0.05, 0) is 26.1 Å². The number of aliphatic imine (C=N–C) groups is 2. The molecule has 5 nitrogen and oxygen atoms in total. The number of aryl methyl sites for hydroxylation is 1. The van der Waals surface area contributed by atoms with Crippen LogP contribution in [0.25, 0.3) is 0 Å². The molecule has 0 aromatic heterocycles. The molecule has 150 valence electrons. The SMILES string of the molecule is Cc1ccc(C2=NC3(CCN(C)CC3)N=C2SCC(=O)Nc2ccccc2)cc1. The van der Waals surface area contributed by atoms with Crippen LogP contribution in [0, 0.1) is 6.92 Å². The monoisotopic (exact) mass is 406 g/mol. The van der Waals surface area contributed by atoms with Crippen LogP contribution in [-0.2, 0) is 4.79 Å². The first-order valence-corrected chi connectivity index (χ1v) is 10.9. The van der Waals surface area contributed by atoms with E-state index in [1.807, 2.05) is 30.3 Å². The highest BCUT2D eigenvalue weighted by Gasteiger charge is 2.39. The number of rotatable bonds is 4. The molecule has 2 aromatic carbocycles. The first-order chi connectivity index (χ1) is 14.0. The van der Waals surface area contributed by atoms with E-state index >= 15 is 0 Å². The van der Waals surface area contributed by atoms with Crippen molar-refractivity contribution >= 4 is 34.1 Å². The summed E-state index contributed by atoms with van der Waals surface area (Å²) in [4.78, 5) is 24.9. The van der Waals surface area contributed by atoms with Crippen molar-refractivity contribution in [3.63, 3.8) is 0 Å². The second-order valence-corrected chi connectivity index (χ2v) is 8.70. The molecule has 2 aromatic rings. The van der Waals surface area contributed by atoms with Crippen molar-refractivity contribution in [2.45, 2.75) is 25.4 Å². The van der Waals surface area contributed by atoms with Gasteiger partial charge in [0.2, 0.25) is 5.91 Å². The molecule has 1 amide bonds. The number of benzene rings is 2. The zero-order chi connectivity index (χ0) is 20.3. The van der Waals surface area contributed by atoms with Gasteiger partial charge in [-0.2, -0.15) is 0 Å². The van der Waals surface area contributed by atoms with Crippen molar-refractivity contribution in [3.05, 3.63) is 65.7 Å². The number of carbonyl (C=O) groups is 1. The van der Waals surface area contributed by atoms with E-state index in [1.54, 1.807) is 0 Å². The summed E-state index contributed by atoms with van der Waals surface area (Å²) in [6.07, 6.45) is 1.83. The van der Waals surface area contributed by atoms with Crippen LogP contribution < -0.4 is 5.32 Å². The number of amides is 1. The molecule has 2 heterocycles. The maximum Gasteiger partial charge on any atom is 0.234 e. The van der Waals surface area contributed by atoms with Gasteiger partial charge in [0.25, 0.3) is 0 Å². The van der Waals surface area contributed by atoms with E-state index in [9.17, 15) is 4.79 Å². The highest BCUT2D eigenvalue weighted by atomic mass is 32.2. The topological polar surface area (TPSA) is 57.1 Å². The number of thioether (sulfide) groups is 1. The van der Waals surface area contributed by atoms with Gasteiger partial charge in [0.15, 0.2) is 5.66 Å². The summed E-state index contributed by atoms with van der Waals surface area (Å²) in [5.41, 5.74) is 3.65. The quantitative estimate of drug-likeness (QED) is 0.835. The Balaban J connectivity index is 1.51. The first kappa shape index (κ1) is 19.9. The summed E-state index contributed by atoms with van der Waals surface area (Å²) in [6.45, 7) is 4.05. The number of anilines is 1. The molecule has 0 radical (unpaired) electrons. The standard InChI is InChI=1S/C23H26N4OS/c1-17-8-10-18(11-9-17)21-22(26-23(25-21)12-14-27(2)15-13-23)29-16-20(28)24-19-6-4-3-5-7-19/h3-11H,12-16H2,1-2H3,(H,24,28). The molecule has 0 aliphatic carbocycles. The second kappa shape index (κ2) is 8.51. The third kappa shape index (κ3) is 4.77. The van der Waals surface area contributed by atoms with Crippen molar-refractivity contribution in [1.82, 2.24) is 4.90 Å². The van der Waals surface area contributed by atoms with E-state index < -0.39 is 0 Å². The molecule has 6 heteroatoms. The number of nitrogens with zero attached hydrogens (tertiary/aromatic N) is 3. The van der Waals surface area contributed by atoms with Gasteiger partial charge in [-0.25, -0.2) is 4.99 Å². The lowest BCUT2D eigenvalue weighted by Gasteiger charge is -2.33. The Morgan fingerprint density at radius 2 is 1.76 bits per heavy atom. The molecule has 2 aliphatic heterocycles. The lowest BCUT2D eigenvalue weighted by Crippen LogP contribution is -2.39. The molecular weight excluding hydrogens is 380 g/mol. The zero-order valence-corrected chi connectivity index (χ0v) is 17.7. The van der Waals surface area contributed by atoms with Crippen LogP contribution in [0.2, 0.25) is 0 Å². The average Bonchev–Trinajstić information content (AvgIpc) is 3.09. The molecule has 29 heavy (non-hydrogen) atoms. The smallest absolute Gasteiger partial charge is 0.234 e. The summed E-state index contributed by atoms with van der Waals surface area (Å²) in [6, 6.07) is 17.9. The van der Waals surface area contributed by atoms with Crippen molar-refractivity contribution in [2.24, 2.45) is 9.98 Å². The molecule has 0 atom stereocenters. The number of para-hydroxylation sites is 1. The molecular formula is C23H26N4OS. The lowest BCUT2D eigenvalue weighted by molar-refractivity contribution is -0.113. The highest BCUT2D eigenvalue weighted by Crippen LogP contribution is 2.35. The van der Waals surface area contributed by atoms with E-state index in [-0.39, 0.29) is 11.6 Å². The second-order valence-electron chi connectivity index (χ2n) is 7.73. The molecule has 1 saturated heterocycles. The fourth-order valence-electron chi connectivity index (χ4n) is 3.58. The number of hydrogen-bond acceptors (Lipinski definition) is 5. The summed E-state index contributed by atoms with van der Waals surface area (Å²) in [5, 5.41) is 3.82. The fourth-order valence-corrected chi connectivity index (χ4v) is 4.45. The van der Waals surface area contributed by atoms with E-state index in [0.29, 0.717) is 5.75 Å². The van der Waals surface area contributed by atoms with Crippen LogP contribution in [0.15, 0.2) is 64.6 Å². The first-order valence-electron chi connectivity index (χ1n) is 9.96. The maximum absolute atomic E-state index is 12.4. The summed E-state index contributed by atoms with van der Waals surface area (Å²) < 4.78 is 0. The minimum absolute atomic E-state index is 0.0310. The van der Waals surface area contributed by atoms with E-state index in [2.05, 4.69) is 48.5 Å². The molecule has 1 fully saturated rings. The normalized spacial score (nSPS) is 18.4. The Hall–Kier alpha value is -2.44. The van der Waals surface area contributed by atoms with Gasteiger partial charge < -0.3 is 10.2 Å². The van der Waals surface area contributed by atoms with Gasteiger partial charge in [0, 0.05) is 37.2 Å². The molecule has 1 spiro atoms. The lowest BCUT2D eigenvalue weighted by atomic mass is 9.99. The molecule has 0 unspecified atom stereocenters. The van der Waals surface area contributed by atoms with Crippen molar-refractivity contribution in [3.8, 4) is 0 Å². The van der Waals surface area contributed by atoms with Gasteiger partial charge in [-0.15, -0.1) is 0 Å². The number of nitrogens with one attached hydrogen (secondary N) is 1. The number of piperidine rings is 1. The fraction of sp³-hybridized carbons (Fsp3) is 0.348. The van der Waals surface area contributed by atoms with Crippen LogP contribution in [-0.4, -0.2) is 53.1 Å². The Morgan fingerprint density at radius 3 is 2.45 bits per heavy atom. The van der Waals surface area contributed by atoms with Gasteiger partial charge in [0.05, 0.1) is 11.5 Å². The number of carbonyl (C=O) groups excluding carboxylic acids is 1. The van der Waals surface area contributed by atoms with Crippen LogP contribution in [0.4, 0.5) is 5.69 Å². The van der Waals surface area contributed by atoms with Crippen LogP contribution >= 0.6 is 11.8 Å². The summed E-state index contributed by atoms with van der Waals surface area (Å²) >= 11 is 1.48. The average molecular weight is 407 g/mol. The predicted octanol–water partition coefficient (Wildman–Crippen LogP) is 3.99. The van der Waals surface area contributed by atoms with Crippen LogP contribution in [0.1, 0.15) is 24.0 Å². The van der Waals surface area contributed by atoms with Crippen molar-refractivity contribution in [1.29, 1.82) is 0 Å². The molecule has 4 rings (SSSR count). The van der Waals surface area contributed by atoms with Crippen molar-refractivity contribution < 1.29 is 4.79 Å². The molecule has 0 bridgehead atoms. The Labute approximate surface area is 176 Å². The summed E-state index contributed by atoms with van der Waals surface area (Å²) in [7, 11) is 2.14. The third-order valence-corrected chi connectivity index (χ3v) is 6.31. The summed E-state index contributed by atoms with van der Waals surface area (Å²) in [5.74, 6) is 0.283. The van der Waals surface area contributed by atoms with Crippen LogP contribution in [0.5, 0.6) is 0 Å². The molecule has 0 saturated carbocycles. The van der Waals surface area contributed by atoms with Crippen molar-refractivity contribution in [2.75, 3.05) is 31.2 Å². The largest absolute Gasteiger partial charge is 0.325 e. The van der Waals surface area contributed by atoms with Gasteiger partial charge >= 0.3 is 0 Å². The van der Waals surface area contributed by atoms with Gasteiger partial charge in [0.1, 0.15) is 5.04 Å². The van der Waals surface area contributed by atoms with Gasteiger partial charge in [-0.1, -0.05) is 59.8 Å². The minimum Gasteiger partial charge on any atom is -0.325 e. The van der Waals surface area contributed by atoms with Crippen LogP contribution in [0.3, 0.4) is 0 Å².